The summed E-state index contributed by atoms with van der Waals surface area (Å²) >= 11 is 0. The molecule has 0 spiro atoms. The molecule has 0 aliphatic heterocycles. The molecule has 144 valence electrons. The van der Waals surface area contributed by atoms with Crippen LogP contribution in [0.25, 0.3) is 5.69 Å². The van der Waals surface area contributed by atoms with E-state index in [-0.39, 0.29) is 0 Å². The summed E-state index contributed by atoms with van der Waals surface area (Å²) in [4.78, 5) is 24.7. The highest BCUT2D eigenvalue weighted by atomic mass is 16.5. The van der Waals surface area contributed by atoms with Crippen molar-refractivity contribution in [3.05, 3.63) is 77.6 Å². The van der Waals surface area contributed by atoms with E-state index in [0.29, 0.717) is 22.9 Å². The molecule has 0 unspecified atom stereocenters. The highest BCUT2D eigenvalue weighted by molar-refractivity contribution is 5.95. The largest absolute Gasteiger partial charge is 0.451 e. The Labute approximate surface area is 167 Å². The summed E-state index contributed by atoms with van der Waals surface area (Å²) in [6.07, 6.45) is 2.13. The summed E-state index contributed by atoms with van der Waals surface area (Å²) in [5.74, 6) is -0.689. The lowest BCUT2D eigenvalue weighted by Crippen LogP contribution is -2.22. The molecule has 7 nitrogen and oxygen atoms in total. The fourth-order valence-electron chi connectivity index (χ4n) is 2.92. The summed E-state index contributed by atoms with van der Waals surface area (Å²) in [6.45, 7) is -0.419. The molecular formula is C22H18N4O3. The summed E-state index contributed by atoms with van der Waals surface area (Å²) in [6, 6.07) is 19.5. The number of carbonyl (C=O) groups is 2. The molecule has 1 aromatic heterocycles. The van der Waals surface area contributed by atoms with Crippen molar-refractivity contribution in [2.45, 2.75) is 18.8 Å². The molecule has 7 heteroatoms. The lowest BCUT2D eigenvalue weighted by molar-refractivity contribution is -0.119. The number of hydrogen-bond acceptors (Lipinski definition) is 5. The summed E-state index contributed by atoms with van der Waals surface area (Å²) < 4.78 is 6.78. The van der Waals surface area contributed by atoms with Gasteiger partial charge in [0.1, 0.15) is 0 Å². The van der Waals surface area contributed by atoms with Crippen molar-refractivity contribution in [1.82, 2.24) is 9.78 Å². The minimum atomic E-state index is -0.608. The summed E-state index contributed by atoms with van der Waals surface area (Å²) in [7, 11) is 0. The van der Waals surface area contributed by atoms with Crippen molar-refractivity contribution in [3.8, 4) is 11.8 Å². The van der Waals surface area contributed by atoms with Crippen LogP contribution in [0.3, 0.4) is 0 Å². The molecule has 1 fully saturated rings. The Morgan fingerprint density at radius 3 is 2.52 bits per heavy atom. The first kappa shape index (κ1) is 18.4. The molecule has 1 N–H and O–H groups in total. The lowest BCUT2D eigenvalue weighted by Gasteiger charge is -2.08. The van der Waals surface area contributed by atoms with Gasteiger partial charge in [0.2, 0.25) is 0 Å². The molecule has 29 heavy (non-hydrogen) atoms. The molecule has 3 aromatic rings. The van der Waals surface area contributed by atoms with Crippen molar-refractivity contribution in [2.75, 3.05) is 11.9 Å². The van der Waals surface area contributed by atoms with E-state index in [1.165, 1.54) is 0 Å². The molecule has 1 aliphatic carbocycles. The zero-order chi connectivity index (χ0) is 20.2. The van der Waals surface area contributed by atoms with Crippen molar-refractivity contribution in [1.29, 1.82) is 5.26 Å². The number of benzene rings is 2. The number of anilines is 1. The number of nitrogens with zero attached hydrogens (tertiary/aromatic N) is 3. The van der Waals surface area contributed by atoms with Crippen LogP contribution in [-0.2, 0) is 9.53 Å². The first-order chi connectivity index (χ1) is 14.1. The zero-order valence-corrected chi connectivity index (χ0v) is 15.5. The topological polar surface area (TPSA) is 97.0 Å². The first-order valence-corrected chi connectivity index (χ1v) is 9.26. The smallest absolute Gasteiger partial charge is 0.357 e. The van der Waals surface area contributed by atoms with Gasteiger partial charge in [0.15, 0.2) is 12.3 Å². The SMILES string of the molecule is N#Cc1ccc(NC(=O)COC(=O)c2cc(C3CC3)nn2-c2ccccc2)cc1. The first-order valence-electron chi connectivity index (χ1n) is 9.26. The van der Waals surface area contributed by atoms with Crippen LogP contribution >= 0.6 is 0 Å². The molecule has 0 atom stereocenters. The number of nitriles is 1. The van der Waals surface area contributed by atoms with E-state index in [1.807, 2.05) is 36.4 Å². The second-order valence-corrected chi connectivity index (χ2v) is 6.79. The average Bonchev–Trinajstić information content (AvgIpc) is 3.51. The lowest BCUT2D eigenvalue weighted by atomic mass is 10.2. The third kappa shape index (κ3) is 4.33. The standard InChI is InChI=1S/C22H18N4O3/c23-13-15-6-10-17(11-7-15)24-21(27)14-29-22(28)20-12-19(16-8-9-16)25-26(20)18-4-2-1-3-5-18/h1-7,10-12,16H,8-9,14H2,(H,24,27). The minimum absolute atomic E-state index is 0.296. The zero-order valence-electron chi connectivity index (χ0n) is 15.5. The van der Waals surface area contributed by atoms with Gasteiger partial charge < -0.3 is 10.1 Å². The fraction of sp³-hybridized carbons (Fsp3) is 0.182. The normalized spacial score (nSPS) is 12.8. The van der Waals surface area contributed by atoms with Crippen molar-refractivity contribution in [3.63, 3.8) is 0 Å². The number of hydrogen-bond donors (Lipinski definition) is 1. The maximum atomic E-state index is 12.6. The third-order valence-electron chi connectivity index (χ3n) is 4.57. The molecule has 1 aliphatic rings. The highest BCUT2D eigenvalue weighted by Crippen LogP contribution is 2.39. The van der Waals surface area contributed by atoms with Crippen LogP contribution in [0.2, 0.25) is 0 Å². The van der Waals surface area contributed by atoms with E-state index >= 15 is 0 Å². The van der Waals surface area contributed by atoms with Crippen molar-refractivity contribution >= 4 is 17.6 Å². The number of esters is 1. The van der Waals surface area contributed by atoms with Gasteiger partial charge in [-0.15, -0.1) is 0 Å². The van der Waals surface area contributed by atoms with Gasteiger partial charge in [0.05, 0.1) is 23.0 Å². The van der Waals surface area contributed by atoms with E-state index in [0.717, 1.165) is 24.2 Å². The summed E-state index contributed by atoms with van der Waals surface area (Å²) in [5, 5.41) is 16.0. The van der Waals surface area contributed by atoms with E-state index in [9.17, 15) is 9.59 Å². The van der Waals surface area contributed by atoms with Crippen LogP contribution in [-0.4, -0.2) is 28.3 Å². The van der Waals surface area contributed by atoms with Crippen LogP contribution in [0.4, 0.5) is 5.69 Å². The number of nitrogens with one attached hydrogen (secondary N) is 1. The monoisotopic (exact) mass is 386 g/mol. The van der Waals surface area contributed by atoms with E-state index in [1.54, 1.807) is 35.0 Å². The van der Waals surface area contributed by atoms with Gasteiger partial charge in [-0.1, -0.05) is 18.2 Å². The van der Waals surface area contributed by atoms with Gasteiger partial charge in [-0.25, -0.2) is 9.48 Å². The maximum Gasteiger partial charge on any atom is 0.357 e. The molecule has 1 heterocycles. The number of carbonyl (C=O) groups excluding carboxylic acids is 2. The second kappa shape index (κ2) is 7.98. The van der Waals surface area contributed by atoms with Crippen LogP contribution < -0.4 is 5.32 Å². The number of amides is 1. The van der Waals surface area contributed by atoms with Gasteiger partial charge in [-0.05, 0) is 55.3 Å². The molecule has 0 saturated heterocycles. The van der Waals surface area contributed by atoms with Crippen LogP contribution in [0, 0.1) is 11.3 Å². The van der Waals surface area contributed by atoms with Crippen molar-refractivity contribution < 1.29 is 14.3 Å². The number of rotatable bonds is 6. The third-order valence-corrected chi connectivity index (χ3v) is 4.57. The van der Waals surface area contributed by atoms with Gasteiger partial charge in [0, 0.05) is 11.6 Å². The molecule has 1 saturated carbocycles. The Hall–Kier alpha value is -3.92. The number of aromatic nitrogens is 2. The van der Waals surface area contributed by atoms with Crippen molar-refractivity contribution in [2.24, 2.45) is 0 Å². The number of ether oxygens (including phenoxy) is 1. The molecule has 4 rings (SSSR count). The van der Waals surface area contributed by atoms with Crippen LogP contribution in [0.5, 0.6) is 0 Å². The predicted molar refractivity (Wildman–Crippen MR) is 106 cm³/mol. The fourth-order valence-corrected chi connectivity index (χ4v) is 2.92. The molecule has 0 bridgehead atoms. The van der Waals surface area contributed by atoms with Gasteiger partial charge in [-0.2, -0.15) is 10.4 Å². The highest BCUT2D eigenvalue weighted by Gasteiger charge is 2.29. The molecule has 0 radical (unpaired) electrons. The van der Waals surface area contributed by atoms with Crippen LogP contribution in [0.15, 0.2) is 60.7 Å². The van der Waals surface area contributed by atoms with E-state index in [2.05, 4.69) is 10.4 Å². The van der Waals surface area contributed by atoms with E-state index in [4.69, 9.17) is 10.00 Å². The number of para-hydroxylation sites is 1. The minimum Gasteiger partial charge on any atom is -0.451 e. The molecule has 2 aromatic carbocycles. The summed E-state index contributed by atoms with van der Waals surface area (Å²) in [5.41, 5.74) is 2.94. The van der Waals surface area contributed by atoms with Crippen LogP contribution in [0.1, 0.15) is 40.5 Å². The van der Waals surface area contributed by atoms with E-state index < -0.39 is 18.5 Å². The maximum absolute atomic E-state index is 12.6. The van der Waals surface area contributed by atoms with Gasteiger partial charge in [0.25, 0.3) is 5.91 Å². The Balaban J connectivity index is 1.44. The van der Waals surface area contributed by atoms with Gasteiger partial charge >= 0.3 is 5.97 Å². The molecule has 1 amide bonds. The molecular weight excluding hydrogens is 368 g/mol. The Morgan fingerprint density at radius 1 is 1.14 bits per heavy atom. The predicted octanol–water partition coefficient (Wildman–Crippen LogP) is 3.42. The average molecular weight is 386 g/mol. The Kier molecular flexibility index (Phi) is 5.08. The second-order valence-electron chi connectivity index (χ2n) is 6.79. The quantitative estimate of drug-likeness (QED) is 0.655. The Morgan fingerprint density at radius 2 is 1.86 bits per heavy atom. The van der Waals surface area contributed by atoms with Gasteiger partial charge in [-0.3, -0.25) is 4.79 Å². The Bertz CT molecular complexity index is 1080.